The molecule has 2 aromatic rings. The lowest BCUT2D eigenvalue weighted by molar-refractivity contribution is -0.137. The van der Waals surface area contributed by atoms with Crippen LogP contribution < -0.4 is 5.32 Å². The number of nitrogens with zero attached hydrogens (tertiary/aromatic N) is 1. The van der Waals surface area contributed by atoms with Gasteiger partial charge in [-0.15, -0.1) is 0 Å². The van der Waals surface area contributed by atoms with Gasteiger partial charge in [0.1, 0.15) is 0 Å². The number of likely N-dealkylation sites (tertiary alicyclic amines) is 1. The van der Waals surface area contributed by atoms with Gasteiger partial charge in [-0.3, -0.25) is 4.79 Å². The standard InChI is InChI=1S/C25H34F3N3O2/c1-15(14-32)29-23(33)24(2,3)7-9-31-8-6-16-11-22-19(10-17(16)13-31)20-12-18(25(26,27)28)4-5-21(20)30-22/h4-5,12,15-17,30,32H,6-11,13-14H2,1-3H3,(H,29,33). The van der Waals surface area contributed by atoms with Crippen LogP contribution in [0.5, 0.6) is 0 Å². The summed E-state index contributed by atoms with van der Waals surface area (Å²) in [6, 6.07) is 3.73. The summed E-state index contributed by atoms with van der Waals surface area (Å²) < 4.78 is 39.7. The van der Waals surface area contributed by atoms with Gasteiger partial charge < -0.3 is 20.3 Å². The fourth-order valence-electron chi connectivity index (χ4n) is 5.29. The Morgan fingerprint density at radius 1 is 1.27 bits per heavy atom. The molecule has 182 valence electrons. The SMILES string of the molecule is CC(CO)NC(=O)C(C)(C)CCN1CCC2Cc3[nH]c4ccc(C(F)(F)F)cc4c3CC2C1. The van der Waals surface area contributed by atoms with E-state index in [1.807, 2.05) is 13.8 Å². The van der Waals surface area contributed by atoms with Crippen molar-refractivity contribution < 1.29 is 23.1 Å². The molecule has 4 rings (SSSR count). The smallest absolute Gasteiger partial charge is 0.394 e. The van der Waals surface area contributed by atoms with Gasteiger partial charge in [0.2, 0.25) is 5.91 Å². The number of carbonyl (C=O) groups is 1. The molecule has 1 saturated heterocycles. The van der Waals surface area contributed by atoms with Gasteiger partial charge in [-0.2, -0.15) is 13.2 Å². The molecule has 0 radical (unpaired) electrons. The first kappa shape index (κ1) is 24.1. The first-order chi connectivity index (χ1) is 15.5. The Hall–Kier alpha value is -2.06. The third-order valence-corrected chi connectivity index (χ3v) is 7.55. The second-order valence-electron chi connectivity index (χ2n) is 10.5. The molecule has 3 unspecified atom stereocenters. The van der Waals surface area contributed by atoms with Gasteiger partial charge in [0.05, 0.1) is 12.2 Å². The number of halogens is 3. The van der Waals surface area contributed by atoms with Gasteiger partial charge in [0.15, 0.2) is 0 Å². The fourth-order valence-corrected chi connectivity index (χ4v) is 5.29. The van der Waals surface area contributed by atoms with Crippen LogP contribution in [-0.4, -0.2) is 53.2 Å². The van der Waals surface area contributed by atoms with Gasteiger partial charge in [0, 0.05) is 34.6 Å². The molecule has 33 heavy (non-hydrogen) atoms. The first-order valence-corrected chi connectivity index (χ1v) is 11.8. The van der Waals surface area contributed by atoms with Crippen molar-refractivity contribution in [3.63, 3.8) is 0 Å². The number of alkyl halides is 3. The lowest BCUT2D eigenvalue weighted by Crippen LogP contribution is -2.47. The number of carbonyl (C=O) groups excluding carboxylic acids is 1. The summed E-state index contributed by atoms with van der Waals surface area (Å²) >= 11 is 0. The molecule has 0 saturated carbocycles. The number of benzene rings is 1. The maximum absolute atomic E-state index is 13.2. The van der Waals surface area contributed by atoms with Crippen molar-refractivity contribution in [1.82, 2.24) is 15.2 Å². The summed E-state index contributed by atoms with van der Waals surface area (Å²) in [4.78, 5) is 18.3. The van der Waals surface area contributed by atoms with Crippen LogP contribution in [0, 0.1) is 17.3 Å². The highest BCUT2D eigenvalue weighted by molar-refractivity contribution is 5.86. The predicted molar refractivity (Wildman–Crippen MR) is 122 cm³/mol. The average molecular weight is 466 g/mol. The van der Waals surface area contributed by atoms with Crippen molar-refractivity contribution in [1.29, 1.82) is 0 Å². The third kappa shape index (κ3) is 5.06. The molecule has 1 aliphatic heterocycles. The number of hydrogen-bond donors (Lipinski definition) is 3. The highest BCUT2D eigenvalue weighted by atomic mass is 19.4. The third-order valence-electron chi connectivity index (χ3n) is 7.55. The predicted octanol–water partition coefficient (Wildman–Crippen LogP) is 4.14. The van der Waals surface area contributed by atoms with E-state index in [4.69, 9.17) is 0 Å². The van der Waals surface area contributed by atoms with Crippen LogP contribution in [0.3, 0.4) is 0 Å². The number of piperidine rings is 1. The van der Waals surface area contributed by atoms with Crippen LogP contribution in [0.25, 0.3) is 10.9 Å². The van der Waals surface area contributed by atoms with Crippen molar-refractivity contribution in [2.75, 3.05) is 26.2 Å². The van der Waals surface area contributed by atoms with Gasteiger partial charge in [-0.05, 0) is 81.3 Å². The number of hydrogen-bond acceptors (Lipinski definition) is 3. The quantitative estimate of drug-likeness (QED) is 0.601. The molecule has 8 heteroatoms. The monoisotopic (exact) mass is 465 g/mol. The number of amides is 1. The minimum atomic E-state index is -4.34. The summed E-state index contributed by atoms with van der Waals surface area (Å²) in [5.74, 6) is 0.886. The number of aromatic amines is 1. The minimum Gasteiger partial charge on any atom is -0.394 e. The van der Waals surface area contributed by atoms with E-state index in [0.717, 1.165) is 61.7 Å². The summed E-state index contributed by atoms with van der Waals surface area (Å²) in [5.41, 5.74) is 1.78. The van der Waals surface area contributed by atoms with Gasteiger partial charge in [0.25, 0.3) is 0 Å². The molecule has 0 spiro atoms. The number of nitrogens with one attached hydrogen (secondary N) is 2. The van der Waals surface area contributed by atoms with Crippen LogP contribution >= 0.6 is 0 Å². The van der Waals surface area contributed by atoms with E-state index in [0.29, 0.717) is 23.6 Å². The maximum atomic E-state index is 13.2. The number of H-pyrrole nitrogens is 1. The summed E-state index contributed by atoms with van der Waals surface area (Å²) in [7, 11) is 0. The molecule has 2 aliphatic rings. The molecule has 0 bridgehead atoms. The van der Waals surface area contributed by atoms with Crippen molar-refractivity contribution in [3.05, 3.63) is 35.0 Å². The fraction of sp³-hybridized carbons (Fsp3) is 0.640. The Bertz CT molecular complexity index is 1010. The summed E-state index contributed by atoms with van der Waals surface area (Å²) in [6.45, 7) is 8.22. The molecule has 1 amide bonds. The van der Waals surface area contributed by atoms with E-state index in [2.05, 4.69) is 15.2 Å². The number of aromatic nitrogens is 1. The zero-order valence-corrected chi connectivity index (χ0v) is 19.6. The molecule has 3 atom stereocenters. The second kappa shape index (κ2) is 8.95. The average Bonchev–Trinajstić information content (AvgIpc) is 3.11. The van der Waals surface area contributed by atoms with Gasteiger partial charge in [-0.1, -0.05) is 13.8 Å². The van der Waals surface area contributed by atoms with Crippen LogP contribution in [-0.2, 0) is 23.8 Å². The van der Waals surface area contributed by atoms with Gasteiger partial charge >= 0.3 is 6.18 Å². The number of aliphatic hydroxyl groups excluding tert-OH is 1. The molecule has 1 aromatic carbocycles. The molecular formula is C25H34F3N3O2. The normalized spacial score (nSPS) is 22.6. The Labute approximate surface area is 192 Å². The van der Waals surface area contributed by atoms with Crippen LogP contribution in [0.1, 0.15) is 50.4 Å². The van der Waals surface area contributed by atoms with Crippen molar-refractivity contribution in [2.24, 2.45) is 17.3 Å². The highest BCUT2D eigenvalue weighted by Crippen LogP contribution is 2.40. The van der Waals surface area contributed by atoms with Crippen molar-refractivity contribution >= 4 is 16.8 Å². The lowest BCUT2D eigenvalue weighted by Gasteiger charge is -2.42. The Kier molecular flexibility index (Phi) is 6.53. The first-order valence-electron chi connectivity index (χ1n) is 11.8. The second-order valence-corrected chi connectivity index (χ2v) is 10.5. The Morgan fingerprint density at radius 2 is 2.03 bits per heavy atom. The molecule has 1 fully saturated rings. The maximum Gasteiger partial charge on any atom is 0.416 e. The molecule has 5 nitrogen and oxygen atoms in total. The van der Waals surface area contributed by atoms with E-state index >= 15 is 0 Å². The topological polar surface area (TPSA) is 68.4 Å². The number of aliphatic hydroxyl groups is 1. The van der Waals surface area contributed by atoms with E-state index in [1.54, 1.807) is 13.0 Å². The molecule has 1 aliphatic carbocycles. The zero-order chi connectivity index (χ0) is 24.0. The highest BCUT2D eigenvalue weighted by Gasteiger charge is 2.37. The van der Waals surface area contributed by atoms with Crippen LogP contribution in [0.15, 0.2) is 18.2 Å². The summed E-state index contributed by atoms with van der Waals surface area (Å²) in [5, 5.41) is 12.7. The van der Waals surface area contributed by atoms with E-state index in [1.165, 1.54) is 6.07 Å². The molecular weight excluding hydrogens is 431 g/mol. The minimum absolute atomic E-state index is 0.0551. The number of fused-ring (bicyclic) bond motifs is 4. The van der Waals surface area contributed by atoms with Crippen molar-refractivity contribution in [2.45, 2.75) is 58.7 Å². The van der Waals surface area contributed by atoms with Gasteiger partial charge in [-0.25, -0.2) is 0 Å². The molecule has 1 aromatic heterocycles. The Morgan fingerprint density at radius 3 is 2.73 bits per heavy atom. The summed E-state index contributed by atoms with van der Waals surface area (Å²) in [6.07, 6.45) is -0.902. The lowest BCUT2D eigenvalue weighted by atomic mass is 9.73. The Balaban J connectivity index is 1.43. The molecule has 2 heterocycles. The largest absolute Gasteiger partial charge is 0.416 e. The molecule has 3 N–H and O–H groups in total. The van der Waals surface area contributed by atoms with Crippen LogP contribution in [0.2, 0.25) is 0 Å². The number of rotatable bonds is 6. The van der Waals surface area contributed by atoms with E-state index in [9.17, 15) is 23.1 Å². The zero-order valence-electron chi connectivity index (χ0n) is 19.6. The van der Waals surface area contributed by atoms with E-state index in [-0.39, 0.29) is 18.6 Å². The van der Waals surface area contributed by atoms with E-state index < -0.39 is 17.2 Å². The van der Waals surface area contributed by atoms with Crippen LogP contribution in [0.4, 0.5) is 13.2 Å². The van der Waals surface area contributed by atoms with Crippen molar-refractivity contribution in [3.8, 4) is 0 Å².